The molecule has 1 amide bonds. The van der Waals surface area contributed by atoms with E-state index in [4.69, 9.17) is 0 Å². The van der Waals surface area contributed by atoms with Crippen LogP contribution in [0.3, 0.4) is 0 Å². The molecule has 2 heterocycles. The minimum absolute atomic E-state index is 0.131. The standard InChI is InChI=1S/C30H35N2OP/c1-29(2,3)34(30(4,5)6)26-19-13-11-17-23(26)27-31(22-15-8-7-9-16-22)28(33)25-20-21-14-10-12-18-24(21)32(25)27/h7-19,25,27H,20H2,1-6H3/t25-,27-/m0/s1. The first-order chi connectivity index (χ1) is 16.1. The van der Waals surface area contributed by atoms with E-state index < -0.39 is 7.92 Å². The maximum absolute atomic E-state index is 14.0. The SMILES string of the molecule is CC(C)(C)P(c1ccccc1[C@H]1N(c2ccccc2)C(=O)[C@@H]2Cc3ccccc3N21)C(C)(C)C. The fraction of sp³-hybridized carbons (Fsp3) is 0.367. The molecule has 5 rings (SSSR count). The summed E-state index contributed by atoms with van der Waals surface area (Å²) >= 11 is 0. The predicted molar refractivity (Wildman–Crippen MR) is 146 cm³/mol. The van der Waals surface area contributed by atoms with Crippen LogP contribution in [0.4, 0.5) is 11.4 Å². The molecule has 1 saturated heterocycles. The van der Waals surface area contributed by atoms with E-state index in [2.05, 4.69) is 112 Å². The molecule has 0 bridgehead atoms. The van der Waals surface area contributed by atoms with Crippen LogP contribution in [0.15, 0.2) is 78.9 Å². The summed E-state index contributed by atoms with van der Waals surface area (Å²) in [4.78, 5) is 18.4. The lowest BCUT2D eigenvalue weighted by Gasteiger charge is -2.44. The third-order valence-corrected chi connectivity index (χ3v) is 10.5. The molecule has 2 atom stereocenters. The van der Waals surface area contributed by atoms with Gasteiger partial charge in [-0.2, -0.15) is 0 Å². The zero-order chi connectivity index (χ0) is 24.3. The van der Waals surface area contributed by atoms with Gasteiger partial charge in [0.1, 0.15) is 12.2 Å². The third-order valence-electron chi connectivity index (χ3n) is 6.88. The van der Waals surface area contributed by atoms with Gasteiger partial charge < -0.3 is 4.90 Å². The van der Waals surface area contributed by atoms with Crippen molar-refractivity contribution in [2.24, 2.45) is 0 Å². The van der Waals surface area contributed by atoms with Gasteiger partial charge in [-0.1, -0.05) is 110 Å². The molecular weight excluding hydrogens is 435 g/mol. The zero-order valence-electron chi connectivity index (χ0n) is 21.1. The largest absolute Gasteiger partial charge is 0.334 e. The number of anilines is 2. The lowest BCUT2D eigenvalue weighted by Crippen LogP contribution is -2.38. The summed E-state index contributed by atoms with van der Waals surface area (Å²) in [5, 5.41) is 1.67. The van der Waals surface area contributed by atoms with Gasteiger partial charge in [0, 0.05) is 23.4 Å². The van der Waals surface area contributed by atoms with Crippen molar-refractivity contribution in [3.05, 3.63) is 90.0 Å². The van der Waals surface area contributed by atoms with E-state index in [1.807, 2.05) is 18.2 Å². The molecule has 3 aromatic carbocycles. The van der Waals surface area contributed by atoms with Crippen molar-refractivity contribution in [1.29, 1.82) is 0 Å². The van der Waals surface area contributed by atoms with Gasteiger partial charge in [-0.15, -0.1) is 0 Å². The van der Waals surface area contributed by atoms with Crippen LogP contribution in [0.5, 0.6) is 0 Å². The van der Waals surface area contributed by atoms with Crippen LogP contribution in [0.2, 0.25) is 0 Å². The fourth-order valence-electron chi connectivity index (χ4n) is 6.11. The van der Waals surface area contributed by atoms with Crippen molar-refractivity contribution in [3.8, 4) is 0 Å². The Balaban J connectivity index is 1.75. The second kappa shape index (κ2) is 8.24. The second-order valence-electron chi connectivity index (χ2n) is 11.4. The Kier molecular flexibility index (Phi) is 5.60. The molecule has 0 radical (unpaired) electrons. The Morgan fingerprint density at radius 3 is 2.03 bits per heavy atom. The highest BCUT2D eigenvalue weighted by Gasteiger charge is 2.52. The van der Waals surface area contributed by atoms with Gasteiger partial charge >= 0.3 is 0 Å². The summed E-state index contributed by atoms with van der Waals surface area (Å²) in [5.41, 5.74) is 4.68. The van der Waals surface area contributed by atoms with Gasteiger partial charge in [0.2, 0.25) is 0 Å². The van der Waals surface area contributed by atoms with Crippen LogP contribution in [0.25, 0.3) is 0 Å². The van der Waals surface area contributed by atoms with E-state index in [-0.39, 0.29) is 28.4 Å². The van der Waals surface area contributed by atoms with E-state index in [1.165, 1.54) is 22.1 Å². The number of hydrogen-bond acceptors (Lipinski definition) is 2. The normalized spacial score (nSPS) is 20.1. The number of fused-ring (bicyclic) bond motifs is 3. The topological polar surface area (TPSA) is 23.6 Å². The van der Waals surface area contributed by atoms with Gasteiger partial charge in [0.05, 0.1) is 0 Å². The summed E-state index contributed by atoms with van der Waals surface area (Å²) in [6.07, 6.45) is 0.610. The summed E-state index contributed by atoms with van der Waals surface area (Å²) < 4.78 is 0. The van der Waals surface area contributed by atoms with Crippen LogP contribution in [0, 0.1) is 0 Å². The highest BCUT2D eigenvalue weighted by molar-refractivity contribution is 7.68. The molecule has 2 aliphatic heterocycles. The summed E-state index contributed by atoms with van der Waals surface area (Å²) in [5.74, 6) is 0.193. The molecule has 0 saturated carbocycles. The zero-order valence-corrected chi connectivity index (χ0v) is 22.0. The maximum Gasteiger partial charge on any atom is 0.252 e. The summed E-state index contributed by atoms with van der Waals surface area (Å²) in [6, 6.07) is 27.5. The molecule has 3 nitrogen and oxygen atoms in total. The number of benzene rings is 3. The van der Waals surface area contributed by atoms with Crippen LogP contribution < -0.4 is 15.1 Å². The molecule has 1 fully saturated rings. The number of amides is 1. The predicted octanol–water partition coefficient (Wildman–Crippen LogP) is 6.87. The Hall–Kier alpha value is -2.64. The number of hydrogen-bond donors (Lipinski definition) is 0. The monoisotopic (exact) mass is 470 g/mol. The van der Waals surface area contributed by atoms with Crippen molar-refractivity contribution in [1.82, 2.24) is 0 Å². The average molecular weight is 471 g/mol. The lowest BCUT2D eigenvalue weighted by molar-refractivity contribution is -0.118. The van der Waals surface area contributed by atoms with E-state index in [9.17, 15) is 4.79 Å². The highest BCUT2D eigenvalue weighted by Crippen LogP contribution is 2.60. The average Bonchev–Trinajstić information content (AvgIpc) is 3.28. The highest BCUT2D eigenvalue weighted by atomic mass is 31.1. The van der Waals surface area contributed by atoms with E-state index in [0.717, 1.165) is 12.1 Å². The summed E-state index contributed by atoms with van der Waals surface area (Å²) in [7, 11) is -0.527. The molecule has 0 N–H and O–H groups in total. The third kappa shape index (κ3) is 3.75. The molecule has 34 heavy (non-hydrogen) atoms. The van der Waals surface area contributed by atoms with Gasteiger partial charge in [-0.25, -0.2) is 0 Å². The Labute approximate surface area is 205 Å². The van der Waals surface area contributed by atoms with Crippen molar-refractivity contribution in [2.45, 2.75) is 70.5 Å². The molecule has 4 heteroatoms. The van der Waals surface area contributed by atoms with Crippen LogP contribution in [0.1, 0.15) is 58.8 Å². The van der Waals surface area contributed by atoms with Gasteiger partial charge in [0.25, 0.3) is 5.91 Å². The number of rotatable bonds is 3. The van der Waals surface area contributed by atoms with Crippen molar-refractivity contribution < 1.29 is 4.79 Å². The van der Waals surface area contributed by atoms with Crippen LogP contribution in [-0.2, 0) is 11.2 Å². The Morgan fingerprint density at radius 2 is 1.35 bits per heavy atom. The number of para-hydroxylation sites is 2. The number of carbonyl (C=O) groups is 1. The van der Waals surface area contributed by atoms with E-state index >= 15 is 0 Å². The molecule has 0 aromatic heterocycles. The minimum atomic E-state index is -0.527. The smallest absolute Gasteiger partial charge is 0.252 e. The summed E-state index contributed by atoms with van der Waals surface area (Å²) in [6.45, 7) is 14.2. The first kappa shape index (κ1) is 23.1. The Bertz CT molecular complexity index is 1190. The van der Waals surface area contributed by atoms with Crippen molar-refractivity contribution >= 4 is 30.5 Å². The molecule has 0 unspecified atom stereocenters. The number of carbonyl (C=O) groups excluding carboxylic acids is 1. The minimum Gasteiger partial charge on any atom is -0.334 e. The second-order valence-corrected chi connectivity index (χ2v) is 15.2. The number of nitrogens with zero attached hydrogens (tertiary/aromatic N) is 2. The van der Waals surface area contributed by atoms with Crippen LogP contribution >= 0.6 is 7.92 Å². The molecule has 0 aliphatic carbocycles. The quantitative estimate of drug-likeness (QED) is 0.390. The van der Waals surface area contributed by atoms with Gasteiger partial charge in [-0.3, -0.25) is 9.69 Å². The van der Waals surface area contributed by atoms with Gasteiger partial charge in [0.15, 0.2) is 0 Å². The van der Waals surface area contributed by atoms with Gasteiger partial charge in [-0.05, 0) is 39.4 Å². The molecule has 2 aliphatic rings. The first-order valence-corrected chi connectivity index (χ1v) is 13.6. The van der Waals surface area contributed by atoms with E-state index in [1.54, 1.807) is 0 Å². The first-order valence-electron chi connectivity index (χ1n) is 12.2. The molecule has 3 aromatic rings. The Morgan fingerprint density at radius 1 is 0.765 bits per heavy atom. The fourth-order valence-corrected chi connectivity index (χ4v) is 10.2. The molecular formula is C30H35N2OP. The van der Waals surface area contributed by atoms with Crippen LogP contribution in [-0.4, -0.2) is 22.3 Å². The van der Waals surface area contributed by atoms with Crippen molar-refractivity contribution in [3.63, 3.8) is 0 Å². The maximum atomic E-state index is 14.0. The van der Waals surface area contributed by atoms with Crippen molar-refractivity contribution in [2.75, 3.05) is 9.80 Å². The molecule has 0 spiro atoms. The molecule has 176 valence electrons. The van der Waals surface area contributed by atoms with E-state index in [0.29, 0.717) is 0 Å². The lowest BCUT2D eigenvalue weighted by atomic mass is 10.1.